The average molecular weight is 307 g/mol. The monoisotopic (exact) mass is 306 g/mol. The number of halogens is 2. The van der Waals surface area contributed by atoms with Crippen LogP contribution < -0.4 is 15.4 Å². The second-order valence-corrected chi connectivity index (χ2v) is 5.02. The predicted molar refractivity (Wildman–Crippen MR) is 79.3 cm³/mol. The Morgan fingerprint density at radius 1 is 1.33 bits per heavy atom. The minimum absolute atomic E-state index is 0.0232. The lowest BCUT2D eigenvalue weighted by Gasteiger charge is -2.19. The van der Waals surface area contributed by atoms with E-state index in [4.69, 9.17) is 16.3 Å². The Labute approximate surface area is 125 Å². The van der Waals surface area contributed by atoms with Gasteiger partial charge in [0.1, 0.15) is 11.6 Å². The van der Waals surface area contributed by atoms with E-state index in [1.807, 2.05) is 6.07 Å². The van der Waals surface area contributed by atoms with E-state index in [-0.39, 0.29) is 18.2 Å². The van der Waals surface area contributed by atoms with Gasteiger partial charge in [0.2, 0.25) is 0 Å². The number of para-hydroxylation sites is 1. The fourth-order valence-electron chi connectivity index (χ4n) is 2.10. The molecule has 0 radical (unpaired) electrons. The van der Waals surface area contributed by atoms with Gasteiger partial charge in [-0.2, -0.15) is 0 Å². The summed E-state index contributed by atoms with van der Waals surface area (Å²) < 4.78 is 18.9. The molecule has 1 heterocycles. The summed E-state index contributed by atoms with van der Waals surface area (Å²) in [5, 5.41) is 6.01. The molecule has 1 amide bonds. The number of carbonyl (C=O) groups is 1. The van der Waals surface area contributed by atoms with Gasteiger partial charge in [-0.3, -0.25) is 4.79 Å². The Morgan fingerprint density at radius 2 is 2.19 bits per heavy atom. The quantitative estimate of drug-likeness (QED) is 0.913. The Balaban J connectivity index is 1.77. The van der Waals surface area contributed by atoms with Crippen LogP contribution in [-0.4, -0.2) is 12.5 Å². The van der Waals surface area contributed by atoms with Crippen LogP contribution in [0.2, 0.25) is 5.02 Å². The third-order valence-electron chi connectivity index (χ3n) is 3.11. The van der Waals surface area contributed by atoms with E-state index in [0.717, 1.165) is 5.56 Å². The van der Waals surface area contributed by atoms with Crippen molar-refractivity contribution in [3.05, 3.63) is 52.8 Å². The lowest BCUT2D eigenvalue weighted by Crippen LogP contribution is -2.25. The molecule has 0 aliphatic carbocycles. The Kier molecular flexibility index (Phi) is 3.66. The number of hydrogen-bond acceptors (Lipinski definition) is 3. The summed E-state index contributed by atoms with van der Waals surface area (Å²) in [6, 6.07) is 9.92. The molecular formula is C15H12ClFN2O2. The zero-order valence-electron chi connectivity index (χ0n) is 11.0. The van der Waals surface area contributed by atoms with Crippen molar-refractivity contribution in [2.24, 2.45) is 0 Å². The van der Waals surface area contributed by atoms with E-state index >= 15 is 0 Å². The zero-order chi connectivity index (χ0) is 14.8. The summed E-state index contributed by atoms with van der Waals surface area (Å²) >= 11 is 5.95. The van der Waals surface area contributed by atoms with Crippen LogP contribution >= 0.6 is 11.6 Å². The van der Waals surface area contributed by atoms with E-state index in [2.05, 4.69) is 10.6 Å². The Morgan fingerprint density at radius 3 is 3.00 bits per heavy atom. The van der Waals surface area contributed by atoms with Crippen molar-refractivity contribution in [1.82, 2.24) is 0 Å². The second kappa shape index (κ2) is 5.61. The number of carbonyl (C=O) groups excluding carboxylic acids is 1. The zero-order valence-corrected chi connectivity index (χ0v) is 11.7. The van der Waals surface area contributed by atoms with Crippen molar-refractivity contribution in [2.75, 3.05) is 17.2 Å². The van der Waals surface area contributed by atoms with E-state index in [1.165, 1.54) is 6.07 Å². The van der Waals surface area contributed by atoms with Crippen LogP contribution in [-0.2, 0) is 11.3 Å². The van der Waals surface area contributed by atoms with Crippen molar-refractivity contribution in [2.45, 2.75) is 6.54 Å². The van der Waals surface area contributed by atoms with Crippen molar-refractivity contribution in [3.8, 4) is 5.75 Å². The minimum atomic E-state index is -0.405. The molecule has 2 aromatic carbocycles. The molecule has 108 valence electrons. The summed E-state index contributed by atoms with van der Waals surface area (Å²) in [5.74, 6) is 0.0316. The molecule has 0 aromatic heterocycles. The van der Waals surface area contributed by atoms with E-state index < -0.39 is 5.82 Å². The summed E-state index contributed by atoms with van der Waals surface area (Å²) in [5.41, 5.74) is 1.75. The molecular weight excluding hydrogens is 295 g/mol. The fourth-order valence-corrected chi connectivity index (χ4v) is 2.33. The number of hydrogen-bond donors (Lipinski definition) is 2. The number of nitrogens with one attached hydrogen (secondary N) is 2. The number of amides is 1. The highest BCUT2D eigenvalue weighted by Gasteiger charge is 2.16. The number of rotatable bonds is 3. The lowest BCUT2D eigenvalue weighted by atomic mass is 10.1. The molecule has 0 unspecified atom stereocenters. The van der Waals surface area contributed by atoms with E-state index in [0.29, 0.717) is 23.0 Å². The van der Waals surface area contributed by atoms with Crippen molar-refractivity contribution in [3.63, 3.8) is 0 Å². The first kappa shape index (κ1) is 13.7. The van der Waals surface area contributed by atoms with Crippen LogP contribution in [0.25, 0.3) is 0 Å². The first-order valence-electron chi connectivity index (χ1n) is 6.37. The molecule has 2 aromatic rings. The van der Waals surface area contributed by atoms with Gasteiger partial charge in [-0.05, 0) is 29.8 Å². The predicted octanol–water partition coefficient (Wildman–Crippen LogP) is 3.42. The van der Waals surface area contributed by atoms with Crippen molar-refractivity contribution in [1.29, 1.82) is 0 Å². The standard InChI is InChI=1S/C15H12ClFN2O2/c16-10-2-1-3-11(17)15(10)18-7-9-4-5-13-12(6-9)19-14(20)8-21-13/h1-6,18H,7-8H2,(H,19,20). The molecule has 6 heteroatoms. The molecule has 0 atom stereocenters. The molecule has 1 aliphatic heterocycles. The van der Waals surface area contributed by atoms with E-state index in [9.17, 15) is 9.18 Å². The maximum Gasteiger partial charge on any atom is 0.262 e. The van der Waals surface area contributed by atoms with Crippen LogP contribution in [0.4, 0.5) is 15.8 Å². The Hall–Kier alpha value is -2.27. The first-order chi connectivity index (χ1) is 10.1. The minimum Gasteiger partial charge on any atom is -0.482 e. The molecule has 0 saturated heterocycles. The number of anilines is 2. The summed E-state index contributed by atoms with van der Waals surface area (Å²) in [6.07, 6.45) is 0. The number of ether oxygens (including phenoxy) is 1. The van der Waals surface area contributed by atoms with Gasteiger partial charge in [-0.25, -0.2) is 4.39 Å². The molecule has 1 aliphatic rings. The van der Waals surface area contributed by atoms with Gasteiger partial charge >= 0.3 is 0 Å². The van der Waals surface area contributed by atoms with E-state index in [1.54, 1.807) is 24.3 Å². The first-order valence-corrected chi connectivity index (χ1v) is 6.75. The molecule has 0 fully saturated rings. The van der Waals surface area contributed by atoms with Crippen molar-refractivity contribution >= 4 is 28.9 Å². The molecule has 2 N–H and O–H groups in total. The maximum atomic E-state index is 13.7. The topological polar surface area (TPSA) is 50.4 Å². The molecule has 4 nitrogen and oxygen atoms in total. The molecule has 0 saturated carbocycles. The average Bonchev–Trinajstić information content (AvgIpc) is 2.46. The fraction of sp³-hybridized carbons (Fsp3) is 0.133. The van der Waals surface area contributed by atoms with Crippen molar-refractivity contribution < 1.29 is 13.9 Å². The SMILES string of the molecule is O=C1COc2ccc(CNc3c(F)cccc3Cl)cc2N1. The van der Waals surface area contributed by atoms with Crippen LogP contribution in [0.3, 0.4) is 0 Å². The largest absolute Gasteiger partial charge is 0.482 e. The van der Waals surface area contributed by atoms with Gasteiger partial charge < -0.3 is 15.4 Å². The highest BCUT2D eigenvalue weighted by Crippen LogP contribution is 2.29. The normalized spacial score (nSPS) is 13.1. The van der Waals surface area contributed by atoms with Crippen LogP contribution in [0.15, 0.2) is 36.4 Å². The lowest BCUT2D eigenvalue weighted by molar-refractivity contribution is -0.118. The summed E-state index contributed by atoms with van der Waals surface area (Å²) in [7, 11) is 0. The number of benzene rings is 2. The molecule has 0 bridgehead atoms. The van der Waals surface area contributed by atoms with Gasteiger partial charge in [-0.1, -0.05) is 23.7 Å². The highest BCUT2D eigenvalue weighted by atomic mass is 35.5. The van der Waals surface area contributed by atoms with Gasteiger partial charge in [0.15, 0.2) is 6.61 Å². The molecule has 3 rings (SSSR count). The third kappa shape index (κ3) is 2.92. The highest BCUT2D eigenvalue weighted by molar-refractivity contribution is 6.33. The van der Waals surface area contributed by atoms with Gasteiger partial charge in [-0.15, -0.1) is 0 Å². The third-order valence-corrected chi connectivity index (χ3v) is 3.42. The molecule has 21 heavy (non-hydrogen) atoms. The Bertz CT molecular complexity index is 686. The van der Waals surface area contributed by atoms with Crippen LogP contribution in [0.1, 0.15) is 5.56 Å². The maximum absolute atomic E-state index is 13.7. The summed E-state index contributed by atoms with van der Waals surface area (Å²) in [6.45, 7) is 0.402. The van der Waals surface area contributed by atoms with Crippen LogP contribution in [0, 0.1) is 5.82 Å². The second-order valence-electron chi connectivity index (χ2n) is 4.62. The van der Waals surface area contributed by atoms with Gasteiger partial charge in [0, 0.05) is 6.54 Å². The molecule has 0 spiro atoms. The van der Waals surface area contributed by atoms with Gasteiger partial charge in [0.25, 0.3) is 5.91 Å². The van der Waals surface area contributed by atoms with Gasteiger partial charge in [0.05, 0.1) is 16.4 Å². The number of fused-ring (bicyclic) bond motifs is 1. The smallest absolute Gasteiger partial charge is 0.262 e. The van der Waals surface area contributed by atoms with Crippen LogP contribution in [0.5, 0.6) is 5.75 Å². The summed E-state index contributed by atoms with van der Waals surface area (Å²) in [4.78, 5) is 11.3.